The molecule has 1 aromatic rings. The van der Waals surface area contributed by atoms with Gasteiger partial charge in [0, 0.05) is 11.7 Å². The first-order valence-electron chi connectivity index (χ1n) is 6.14. The third-order valence-electron chi connectivity index (χ3n) is 3.31. The second-order valence-electron chi connectivity index (χ2n) is 4.83. The lowest BCUT2D eigenvalue weighted by atomic mass is 9.96. The Morgan fingerprint density at radius 3 is 2.93 bits per heavy atom. The van der Waals surface area contributed by atoms with Gasteiger partial charge in [-0.2, -0.15) is 0 Å². The lowest BCUT2D eigenvalue weighted by molar-refractivity contribution is 0.452. The van der Waals surface area contributed by atoms with Crippen molar-refractivity contribution in [1.29, 1.82) is 0 Å². The van der Waals surface area contributed by atoms with Gasteiger partial charge in [-0.1, -0.05) is 44.9 Å². The monoisotopic (exact) mass is 203 g/mol. The van der Waals surface area contributed by atoms with E-state index < -0.39 is 0 Å². The van der Waals surface area contributed by atoms with Crippen molar-refractivity contribution < 1.29 is 0 Å². The predicted octanol–water partition coefficient (Wildman–Crippen LogP) is 3.85. The number of rotatable bonds is 4. The molecule has 0 radical (unpaired) electrons. The van der Waals surface area contributed by atoms with Gasteiger partial charge in [0.2, 0.25) is 0 Å². The van der Waals surface area contributed by atoms with Crippen LogP contribution in [0.4, 0.5) is 5.69 Å². The minimum absolute atomic E-state index is 0.670. The standard InChI is InChI=1S/C14H21N/c1-3-6-11(2)9-13-10-12-7-4-5-8-14(12)15-13/h4-5,7-8,11,13,15H,3,6,9-10H2,1-2H3. The van der Waals surface area contributed by atoms with Crippen LogP contribution in [0.2, 0.25) is 0 Å². The molecule has 2 rings (SSSR count). The topological polar surface area (TPSA) is 12.0 Å². The van der Waals surface area contributed by atoms with Crippen molar-refractivity contribution in [2.24, 2.45) is 5.92 Å². The van der Waals surface area contributed by atoms with E-state index in [0.717, 1.165) is 5.92 Å². The van der Waals surface area contributed by atoms with E-state index in [1.165, 1.54) is 36.9 Å². The number of anilines is 1. The third-order valence-corrected chi connectivity index (χ3v) is 3.31. The molecule has 0 spiro atoms. The van der Waals surface area contributed by atoms with Crippen LogP contribution in [0.5, 0.6) is 0 Å². The summed E-state index contributed by atoms with van der Waals surface area (Å²) in [5.74, 6) is 0.849. The highest BCUT2D eigenvalue weighted by atomic mass is 14.9. The molecule has 1 aliphatic rings. The molecule has 1 N–H and O–H groups in total. The fourth-order valence-electron chi connectivity index (χ4n) is 2.61. The first kappa shape index (κ1) is 10.5. The van der Waals surface area contributed by atoms with E-state index >= 15 is 0 Å². The predicted molar refractivity (Wildman–Crippen MR) is 66.2 cm³/mol. The highest BCUT2D eigenvalue weighted by Crippen LogP contribution is 2.28. The summed E-state index contributed by atoms with van der Waals surface area (Å²) in [7, 11) is 0. The fourth-order valence-corrected chi connectivity index (χ4v) is 2.61. The first-order chi connectivity index (χ1) is 7.29. The zero-order valence-electron chi connectivity index (χ0n) is 9.79. The van der Waals surface area contributed by atoms with Crippen LogP contribution < -0.4 is 5.32 Å². The van der Waals surface area contributed by atoms with Crippen LogP contribution in [0.25, 0.3) is 0 Å². The number of hydrogen-bond acceptors (Lipinski definition) is 1. The molecule has 1 heteroatoms. The Morgan fingerprint density at radius 2 is 2.20 bits per heavy atom. The van der Waals surface area contributed by atoms with Crippen molar-refractivity contribution >= 4 is 5.69 Å². The maximum absolute atomic E-state index is 3.62. The molecular formula is C14H21N. The van der Waals surface area contributed by atoms with Gasteiger partial charge in [0.25, 0.3) is 0 Å². The van der Waals surface area contributed by atoms with Crippen LogP contribution in [0.15, 0.2) is 24.3 Å². The molecule has 1 nitrogen and oxygen atoms in total. The van der Waals surface area contributed by atoms with Crippen molar-refractivity contribution in [3.8, 4) is 0 Å². The Hall–Kier alpha value is -0.980. The van der Waals surface area contributed by atoms with Gasteiger partial charge in [0.1, 0.15) is 0 Å². The minimum Gasteiger partial charge on any atom is -0.382 e. The number of nitrogens with one attached hydrogen (secondary N) is 1. The molecule has 1 aromatic carbocycles. The molecule has 82 valence electrons. The van der Waals surface area contributed by atoms with Gasteiger partial charge in [-0.3, -0.25) is 0 Å². The Balaban J connectivity index is 1.90. The molecule has 0 fully saturated rings. The summed E-state index contributed by atoms with van der Waals surface area (Å²) in [6.07, 6.45) is 5.18. The summed E-state index contributed by atoms with van der Waals surface area (Å²) in [5.41, 5.74) is 2.84. The second kappa shape index (κ2) is 4.69. The van der Waals surface area contributed by atoms with E-state index in [1.54, 1.807) is 0 Å². The van der Waals surface area contributed by atoms with Crippen LogP contribution in [0.1, 0.15) is 38.7 Å². The van der Waals surface area contributed by atoms with Crippen molar-refractivity contribution in [3.05, 3.63) is 29.8 Å². The average molecular weight is 203 g/mol. The van der Waals surface area contributed by atoms with Crippen molar-refractivity contribution in [2.75, 3.05) is 5.32 Å². The second-order valence-corrected chi connectivity index (χ2v) is 4.83. The van der Waals surface area contributed by atoms with Crippen molar-refractivity contribution in [1.82, 2.24) is 0 Å². The number of fused-ring (bicyclic) bond motifs is 1. The molecular weight excluding hydrogens is 182 g/mol. The summed E-state index contributed by atoms with van der Waals surface area (Å²) >= 11 is 0. The molecule has 0 amide bonds. The first-order valence-corrected chi connectivity index (χ1v) is 6.14. The number of para-hydroxylation sites is 1. The Morgan fingerprint density at radius 1 is 1.40 bits per heavy atom. The van der Waals surface area contributed by atoms with E-state index in [0.29, 0.717) is 6.04 Å². The summed E-state index contributed by atoms with van der Waals surface area (Å²) in [6.45, 7) is 4.64. The summed E-state index contributed by atoms with van der Waals surface area (Å²) in [6, 6.07) is 9.36. The smallest absolute Gasteiger partial charge is 0.0375 e. The highest BCUT2D eigenvalue weighted by molar-refractivity contribution is 5.56. The van der Waals surface area contributed by atoms with Crippen LogP contribution in [-0.2, 0) is 6.42 Å². The van der Waals surface area contributed by atoms with Crippen molar-refractivity contribution in [3.63, 3.8) is 0 Å². The fraction of sp³-hybridized carbons (Fsp3) is 0.571. The average Bonchev–Trinajstić information content (AvgIpc) is 2.59. The van der Waals surface area contributed by atoms with E-state index in [9.17, 15) is 0 Å². The molecule has 0 bridgehead atoms. The van der Waals surface area contributed by atoms with Gasteiger partial charge in [-0.05, 0) is 30.4 Å². The largest absolute Gasteiger partial charge is 0.382 e. The lowest BCUT2D eigenvalue weighted by Gasteiger charge is -2.16. The van der Waals surface area contributed by atoms with Gasteiger partial charge in [-0.25, -0.2) is 0 Å². The normalized spacial score (nSPS) is 20.8. The Bertz CT molecular complexity index is 294. The third kappa shape index (κ3) is 2.53. The van der Waals surface area contributed by atoms with Gasteiger partial charge >= 0.3 is 0 Å². The molecule has 2 atom stereocenters. The Labute approximate surface area is 92.9 Å². The van der Waals surface area contributed by atoms with Gasteiger partial charge in [0.15, 0.2) is 0 Å². The SMILES string of the molecule is CCCC(C)CC1Cc2ccccc2N1. The molecule has 0 aromatic heterocycles. The maximum Gasteiger partial charge on any atom is 0.0375 e. The zero-order chi connectivity index (χ0) is 10.7. The van der Waals surface area contributed by atoms with Crippen molar-refractivity contribution in [2.45, 2.75) is 45.6 Å². The summed E-state index contributed by atoms with van der Waals surface area (Å²) < 4.78 is 0. The highest BCUT2D eigenvalue weighted by Gasteiger charge is 2.21. The van der Waals surface area contributed by atoms with Crippen LogP contribution in [0.3, 0.4) is 0 Å². The van der Waals surface area contributed by atoms with Gasteiger partial charge < -0.3 is 5.32 Å². The minimum atomic E-state index is 0.670. The van der Waals surface area contributed by atoms with E-state index in [4.69, 9.17) is 0 Å². The van der Waals surface area contributed by atoms with E-state index in [-0.39, 0.29) is 0 Å². The number of hydrogen-bond donors (Lipinski definition) is 1. The summed E-state index contributed by atoms with van der Waals surface area (Å²) in [5, 5.41) is 3.62. The molecule has 0 aliphatic carbocycles. The molecule has 0 saturated heterocycles. The molecule has 15 heavy (non-hydrogen) atoms. The quantitative estimate of drug-likeness (QED) is 0.783. The molecule has 1 heterocycles. The van der Waals surface area contributed by atoms with Crippen LogP contribution in [0, 0.1) is 5.92 Å². The van der Waals surface area contributed by atoms with E-state index in [2.05, 4.69) is 43.4 Å². The molecule has 2 unspecified atom stereocenters. The maximum atomic E-state index is 3.62. The van der Waals surface area contributed by atoms with Gasteiger partial charge in [0.05, 0.1) is 0 Å². The molecule has 1 aliphatic heterocycles. The number of benzene rings is 1. The zero-order valence-corrected chi connectivity index (χ0v) is 9.79. The van der Waals surface area contributed by atoms with Crippen LogP contribution in [-0.4, -0.2) is 6.04 Å². The Kier molecular flexibility index (Phi) is 3.30. The van der Waals surface area contributed by atoms with E-state index in [1.807, 2.05) is 0 Å². The summed E-state index contributed by atoms with van der Waals surface area (Å²) in [4.78, 5) is 0. The molecule has 0 saturated carbocycles. The van der Waals surface area contributed by atoms with Crippen LogP contribution >= 0.6 is 0 Å². The van der Waals surface area contributed by atoms with Gasteiger partial charge in [-0.15, -0.1) is 0 Å². The lowest BCUT2D eigenvalue weighted by Crippen LogP contribution is -2.18.